The Labute approximate surface area is 72.4 Å². The van der Waals surface area contributed by atoms with Gasteiger partial charge in [0.05, 0.1) is 0 Å². The summed E-state index contributed by atoms with van der Waals surface area (Å²) in [5, 5.41) is 0. The molecule has 0 aromatic rings. The topological polar surface area (TPSA) is 0 Å². The molecule has 2 unspecified atom stereocenters. The Hall–Kier alpha value is 0. The van der Waals surface area contributed by atoms with Crippen molar-refractivity contribution in [2.24, 2.45) is 11.8 Å². The number of hydrogen-bond acceptors (Lipinski definition) is 0. The van der Waals surface area contributed by atoms with Crippen LogP contribution in [0.2, 0.25) is 0 Å². The van der Waals surface area contributed by atoms with Gasteiger partial charge in [0.15, 0.2) is 0 Å². The molecule has 0 spiro atoms. The number of rotatable bonds is 6. The van der Waals surface area contributed by atoms with E-state index in [0.717, 1.165) is 11.8 Å². The van der Waals surface area contributed by atoms with Gasteiger partial charge in [0, 0.05) is 0 Å². The summed E-state index contributed by atoms with van der Waals surface area (Å²) in [6.45, 7) is 8.90. The van der Waals surface area contributed by atoms with Gasteiger partial charge in [-0.1, -0.05) is 40.5 Å². The Morgan fingerprint density at radius 2 is 1.82 bits per heavy atom. The molecule has 0 aliphatic heterocycles. The van der Waals surface area contributed by atoms with Gasteiger partial charge in [-0.3, -0.25) is 0 Å². The second kappa shape index (κ2) is 6.69. The van der Waals surface area contributed by atoms with Crippen LogP contribution in [0.15, 0.2) is 0 Å². The third-order valence-electron chi connectivity index (χ3n) is 2.37. The average Bonchev–Trinajstić information content (AvgIpc) is 2.03. The van der Waals surface area contributed by atoms with E-state index >= 15 is 0 Å². The van der Waals surface area contributed by atoms with Crippen LogP contribution < -0.4 is 0 Å². The van der Waals surface area contributed by atoms with Crippen molar-refractivity contribution in [3.8, 4) is 0 Å². The molecule has 0 heterocycles. The molecule has 0 aliphatic carbocycles. The Morgan fingerprint density at radius 3 is 2.18 bits per heavy atom. The fourth-order valence-corrected chi connectivity index (χ4v) is 1.41. The first-order valence-electron chi connectivity index (χ1n) is 4.83. The van der Waals surface area contributed by atoms with Crippen LogP contribution >= 0.6 is 0 Å². The molecule has 0 N–H and O–H groups in total. The lowest BCUT2D eigenvalue weighted by atomic mass is 9.89. The quantitative estimate of drug-likeness (QED) is 0.544. The second-order valence-corrected chi connectivity index (χ2v) is 3.43. The van der Waals surface area contributed by atoms with E-state index in [9.17, 15) is 0 Å². The van der Waals surface area contributed by atoms with Crippen LogP contribution in [-0.4, -0.2) is 0 Å². The summed E-state index contributed by atoms with van der Waals surface area (Å²) >= 11 is 0. The first-order chi connectivity index (χ1) is 5.24. The number of hydrogen-bond donors (Lipinski definition) is 0. The largest absolute Gasteiger partial charge is 0.0654 e. The maximum absolute atomic E-state index is 2.35. The summed E-state index contributed by atoms with van der Waals surface area (Å²) in [7, 11) is 0. The zero-order valence-electron chi connectivity index (χ0n) is 8.43. The van der Waals surface area contributed by atoms with Gasteiger partial charge in [0.1, 0.15) is 0 Å². The average molecular weight is 154 g/mol. The van der Waals surface area contributed by atoms with Crippen LogP contribution in [0.3, 0.4) is 0 Å². The zero-order valence-corrected chi connectivity index (χ0v) is 8.43. The van der Waals surface area contributed by atoms with Gasteiger partial charge in [0.25, 0.3) is 0 Å². The molecule has 11 heavy (non-hydrogen) atoms. The van der Waals surface area contributed by atoms with Crippen LogP contribution in [0.25, 0.3) is 0 Å². The molecule has 0 amide bonds. The van der Waals surface area contributed by atoms with E-state index in [0.29, 0.717) is 0 Å². The van der Waals surface area contributed by atoms with Crippen molar-refractivity contribution in [2.75, 3.05) is 0 Å². The lowest BCUT2D eigenvalue weighted by Crippen LogP contribution is -2.05. The summed E-state index contributed by atoms with van der Waals surface area (Å²) in [4.78, 5) is 0. The highest BCUT2D eigenvalue weighted by Gasteiger charge is 2.08. The second-order valence-electron chi connectivity index (χ2n) is 3.43. The molecule has 0 aromatic carbocycles. The minimum atomic E-state index is 0.780. The Balaban J connectivity index is 3.49. The summed E-state index contributed by atoms with van der Waals surface area (Å²) in [6.07, 6.45) is 8.65. The van der Waals surface area contributed by atoms with Gasteiger partial charge >= 0.3 is 0 Å². The molecule has 2 radical (unpaired) electrons. The molecule has 2 atom stereocenters. The molecule has 0 nitrogen and oxygen atoms in total. The summed E-state index contributed by atoms with van der Waals surface area (Å²) in [5.74, 6) is 1.62. The van der Waals surface area contributed by atoms with E-state index < -0.39 is 0 Å². The van der Waals surface area contributed by atoms with E-state index in [1.54, 1.807) is 0 Å². The lowest BCUT2D eigenvalue weighted by molar-refractivity contribution is 0.436. The molecular formula is C11H22. The molecule has 66 valence electrons. The molecule has 0 saturated carbocycles. The lowest BCUT2D eigenvalue weighted by Gasteiger charge is -2.17. The van der Waals surface area contributed by atoms with E-state index in [2.05, 4.69) is 40.5 Å². The van der Waals surface area contributed by atoms with Crippen molar-refractivity contribution in [2.45, 2.75) is 47.0 Å². The van der Waals surface area contributed by atoms with Gasteiger partial charge < -0.3 is 0 Å². The normalized spacial score (nSPS) is 16.4. The fraction of sp³-hybridized carbons (Fsp3) is 0.818. The Kier molecular flexibility index (Phi) is 6.69. The van der Waals surface area contributed by atoms with E-state index in [4.69, 9.17) is 0 Å². The minimum absolute atomic E-state index is 0.780. The minimum Gasteiger partial charge on any atom is -0.0654 e. The van der Waals surface area contributed by atoms with Crippen molar-refractivity contribution >= 4 is 0 Å². The molecule has 0 bridgehead atoms. The summed E-state index contributed by atoms with van der Waals surface area (Å²) in [6, 6.07) is 0. The third kappa shape index (κ3) is 5.29. The van der Waals surface area contributed by atoms with Gasteiger partial charge in [-0.15, -0.1) is 0 Å². The Bertz CT molecular complexity index is 76.1. The molecule has 0 fully saturated rings. The summed E-state index contributed by atoms with van der Waals surface area (Å²) in [5.41, 5.74) is 0. The molecule has 0 heteroatoms. The van der Waals surface area contributed by atoms with Gasteiger partial charge in [0.2, 0.25) is 0 Å². The fourth-order valence-electron chi connectivity index (χ4n) is 1.41. The maximum Gasteiger partial charge on any atom is -0.0383 e. The van der Waals surface area contributed by atoms with Crippen LogP contribution in [-0.2, 0) is 0 Å². The van der Waals surface area contributed by atoms with Gasteiger partial charge in [-0.05, 0) is 31.1 Å². The molecule has 0 aliphatic rings. The predicted molar refractivity (Wildman–Crippen MR) is 52.1 cm³/mol. The van der Waals surface area contributed by atoms with Crippen LogP contribution in [0.5, 0.6) is 0 Å². The maximum atomic E-state index is 2.35. The van der Waals surface area contributed by atoms with Crippen LogP contribution in [0.1, 0.15) is 47.0 Å². The molecule has 0 rings (SSSR count). The van der Waals surface area contributed by atoms with Gasteiger partial charge in [-0.25, -0.2) is 0 Å². The highest BCUT2D eigenvalue weighted by molar-refractivity contribution is 4.77. The third-order valence-corrected chi connectivity index (χ3v) is 2.37. The first-order valence-corrected chi connectivity index (χ1v) is 4.83. The zero-order chi connectivity index (χ0) is 8.69. The van der Waals surface area contributed by atoms with Crippen molar-refractivity contribution in [1.29, 1.82) is 0 Å². The predicted octanol–water partition coefficient (Wildman–Crippen LogP) is 3.88. The smallest absolute Gasteiger partial charge is 0.0383 e. The highest BCUT2D eigenvalue weighted by atomic mass is 14.1. The van der Waals surface area contributed by atoms with Crippen LogP contribution in [0.4, 0.5) is 0 Å². The standard InChI is InChI=1S/C11H22/c1-5-8-11(7-3)9-10(4)6-2/h6-7,10-11H,5,8-9H2,1-4H3. The van der Waals surface area contributed by atoms with Crippen molar-refractivity contribution < 1.29 is 0 Å². The molecule has 0 saturated heterocycles. The van der Waals surface area contributed by atoms with E-state index in [1.165, 1.54) is 19.3 Å². The monoisotopic (exact) mass is 154 g/mol. The molecule has 0 aromatic heterocycles. The van der Waals surface area contributed by atoms with Crippen molar-refractivity contribution in [3.05, 3.63) is 12.8 Å². The highest BCUT2D eigenvalue weighted by Crippen LogP contribution is 2.20. The van der Waals surface area contributed by atoms with Gasteiger partial charge in [-0.2, -0.15) is 0 Å². The van der Waals surface area contributed by atoms with Crippen molar-refractivity contribution in [1.82, 2.24) is 0 Å². The van der Waals surface area contributed by atoms with E-state index in [1.807, 2.05) is 0 Å². The summed E-state index contributed by atoms with van der Waals surface area (Å²) < 4.78 is 0. The van der Waals surface area contributed by atoms with Crippen molar-refractivity contribution in [3.63, 3.8) is 0 Å². The SMILES string of the molecule is C[CH]C(C)CC([CH]C)CCC. The van der Waals surface area contributed by atoms with Crippen LogP contribution in [0, 0.1) is 24.7 Å². The molecular weight excluding hydrogens is 132 g/mol. The van der Waals surface area contributed by atoms with E-state index in [-0.39, 0.29) is 0 Å². The first kappa shape index (κ1) is 11.0. The Morgan fingerprint density at radius 1 is 1.18 bits per heavy atom.